The van der Waals surface area contributed by atoms with Crippen LogP contribution in [0.15, 0.2) is 48.5 Å². The Morgan fingerprint density at radius 1 is 1.04 bits per heavy atom. The molecular formula is C21H28N2OS. The van der Waals surface area contributed by atoms with Crippen LogP contribution < -0.4 is 10.1 Å². The lowest BCUT2D eigenvalue weighted by atomic mass is 9.87. The van der Waals surface area contributed by atoms with Crippen LogP contribution in [0.1, 0.15) is 38.8 Å². The van der Waals surface area contributed by atoms with E-state index in [1.165, 1.54) is 11.1 Å². The maximum atomic E-state index is 5.51. The van der Waals surface area contributed by atoms with Crippen LogP contribution >= 0.6 is 12.2 Å². The number of benzene rings is 2. The summed E-state index contributed by atoms with van der Waals surface area (Å²) in [7, 11) is 2.00. The molecule has 0 radical (unpaired) electrons. The Hall–Kier alpha value is -2.07. The van der Waals surface area contributed by atoms with E-state index in [4.69, 9.17) is 17.0 Å². The number of hydrogen-bond acceptors (Lipinski definition) is 2. The third-order valence-corrected chi connectivity index (χ3v) is 4.42. The van der Waals surface area contributed by atoms with Gasteiger partial charge in [0.25, 0.3) is 0 Å². The molecule has 4 heteroatoms. The number of hydrogen-bond donors (Lipinski definition) is 1. The standard InChI is InChI=1S/C21H28N2OS/c1-6-24-19-13-11-18(12-14-19)22-20(25)23(5)15-16-7-9-17(10-8-16)21(2,3)4/h7-14H,6,15H2,1-5H3,(H,22,25). The van der Waals surface area contributed by atoms with Crippen LogP contribution in [0, 0.1) is 0 Å². The highest BCUT2D eigenvalue weighted by Gasteiger charge is 2.13. The Kier molecular flexibility index (Phi) is 6.43. The summed E-state index contributed by atoms with van der Waals surface area (Å²) in [5.74, 6) is 0.867. The zero-order valence-corrected chi connectivity index (χ0v) is 16.6. The van der Waals surface area contributed by atoms with Gasteiger partial charge in [0.2, 0.25) is 0 Å². The lowest BCUT2D eigenvalue weighted by Gasteiger charge is -2.23. The fourth-order valence-electron chi connectivity index (χ4n) is 2.48. The van der Waals surface area contributed by atoms with Crippen molar-refractivity contribution in [2.24, 2.45) is 0 Å². The van der Waals surface area contributed by atoms with E-state index < -0.39 is 0 Å². The van der Waals surface area contributed by atoms with Crippen molar-refractivity contribution in [3.8, 4) is 5.75 Å². The molecular weight excluding hydrogens is 328 g/mol. The first-order chi connectivity index (χ1) is 11.8. The van der Waals surface area contributed by atoms with Crippen molar-refractivity contribution in [1.29, 1.82) is 0 Å². The second-order valence-electron chi connectivity index (χ2n) is 7.19. The van der Waals surface area contributed by atoms with Crippen molar-refractivity contribution < 1.29 is 4.74 Å². The molecule has 2 aromatic rings. The van der Waals surface area contributed by atoms with Gasteiger partial charge in [0.1, 0.15) is 5.75 Å². The molecule has 25 heavy (non-hydrogen) atoms. The van der Waals surface area contributed by atoms with Gasteiger partial charge in [-0.25, -0.2) is 0 Å². The molecule has 0 aliphatic heterocycles. The monoisotopic (exact) mass is 356 g/mol. The van der Waals surface area contributed by atoms with Crippen molar-refractivity contribution in [2.45, 2.75) is 39.7 Å². The summed E-state index contributed by atoms with van der Waals surface area (Å²) >= 11 is 5.51. The fraction of sp³-hybridized carbons (Fsp3) is 0.381. The third kappa shape index (κ3) is 5.75. The summed E-state index contributed by atoms with van der Waals surface area (Å²) in [5.41, 5.74) is 3.72. The van der Waals surface area contributed by atoms with Gasteiger partial charge in [-0.05, 0) is 59.9 Å². The molecule has 1 N–H and O–H groups in total. The second-order valence-corrected chi connectivity index (χ2v) is 7.58. The van der Waals surface area contributed by atoms with Crippen molar-refractivity contribution in [1.82, 2.24) is 4.90 Å². The zero-order chi connectivity index (χ0) is 18.4. The van der Waals surface area contributed by atoms with E-state index in [1.54, 1.807) is 0 Å². The molecule has 0 aliphatic rings. The molecule has 0 atom stereocenters. The maximum absolute atomic E-state index is 5.51. The topological polar surface area (TPSA) is 24.5 Å². The molecule has 0 aliphatic carbocycles. The normalized spacial score (nSPS) is 11.1. The average Bonchev–Trinajstić information content (AvgIpc) is 2.56. The van der Waals surface area contributed by atoms with Crippen molar-refractivity contribution >= 4 is 23.0 Å². The second kappa shape index (κ2) is 8.34. The SMILES string of the molecule is CCOc1ccc(NC(=S)N(C)Cc2ccc(C(C)(C)C)cc2)cc1. The fourth-order valence-corrected chi connectivity index (χ4v) is 2.66. The molecule has 0 fully saturated rings. The lowest BCUT2D eigenvalue weighted by molar-refractivity contribution is 0.340. The molecule has 2 rings (SSSR count). The van der Waals surface area contributed by atoms with E-state index in [0.29, 0.717) is 11.7 Å². The minimum atomic E-state index is 0.176. The van der Waals surface area contributed by atoms with Crippen LogP contribution in [0.5, 0.6) is 5.75 Å². The lowest BCUT2D eigenvalue weighted by Crippen LogP contribution is -2.30. The van der Waals surface area contributed by atoms with Crippen LogP contribution in [-0.4, -0.2) is 23.7 Å². The Balaban J connectivity index is 1.93. The molecule has 2 aromatic carbocycles. The first-order valence-corrected chi connectivity index (χ1v) is 9.05. The van der Waals surface area contributed by atoms with Crippen molar-refractivity contribution in [2.75, 3.05) is 19.0 Å². The quantitative estimate of drug-likeness (QED) is 0.743. The van der Waals surface area contributed by atoms with Gasteiger partial charge in [-0.2, -0.15) is 0 Å². The molecule has 3 nitrogen and oxygen atoms in total. The van der Waals surface area contributed by atoms with Crippen LogP contribution in [0.25, 0.3) is 0 Å². The molecule has 134 valence electrons. The predicted octanol–water partition coefficient (Wildman–Crippen LogP) is 5.21. The minimum Gasteiger partial charge on any atom is -0.494 e. The number of rotatable bonds is 5. The van der Waals surface area contributed by atoms with Gasteiger partial charge in [0.05, 0.1) is 6.61 Å². The van der Waals surface area contributed by atoms with Crippen molar-refractivity contribution in [3.63, 3.8) is 0 Å². The van der Waals surface area contributed by atoms with E-state index in [0.717, 1.165) is 18.0 Å². The van der Waals surface area contributed by atoms with Crippen molar-refractivity contribution in [3.05, 3.63) is 59.7 Å². The molecule has 0 spiro atoms. The Morgan fingerprint density at radius 2 is 1.64 bits per heavy atom. The maximum Gasteiger partial charge on any atom is 0.173 e. The van der Waals surface area contributed by atoms with Gasteiger partial charge in [-0.3, -0.25) is 0 Å². The van der Waals surface area contributed by atoms with E-state index >= 15 is 0 Å². The third-order valence-electron chi connectivity index (χ3n) is 4.00. The highest BCUT2D eigenvalue weighted by Crippen LogP contribution is 2.22. The molecule has 0 heterocycles. The summed E-state index contributed by atoms with van der Waals surface area (Å²) in [6, 6.07) is 16.6. The summed E-state index contributed by atoms with van der Waals surface area (Å²) in [6.07, 6.45) is 0. The molecule has 0 saturated heterocycles. The molecule has 0 saturated carbocycles. The predicted molar refractivity (Wildman–Crippen MR) is 110 cm³/mol. The minimum absolute atomic E-state index is 0.176. The highest BCUT2D eigenvalue weighted by molar-refractivity contribution is 7.80. The first-order valence-electron chi connectivity index (χ1n) is 8.64. The number of nitrogens with zero attached hydrogens (tertiary/aromatic N) is 1. The van der Waals surface area contributed by atoms with Gasteiger partial charge in [0, 0.05) is 19.3 Å². The Bertz CT molecular complexity index is 687. The van der Waals surface area contributed by atoms with E-state index in [-0.39, 0.29) is 5.41 Å². The molecule has 0 bridgehead atoms. The van der Waals surface area contributed by atoms with E-state index in [9.17, 15) is 0 Å². The number of thiocarbonyl (C=S) groups is 1. The molecule has 0 amide bonds. The molecule has 0 aromatic heterocycles. The van der Waals surface area contributed by atoms with Gasteiger partial charge in [0.15, 0.2) is 5.11 Å². The number of nitrogens with one attached hydrogen (secondary N) is 1. The first kappa shape index (κ1) is 19.3. The van der Waals surface area contributed by atoms with Gasteiger partial charge in [-0.1, -0.05) is 45.0 Å². The smallest absolute Gasteiger partial charge is 0.173 e. The Morgan fingerprint density at radius 3 is 2.16 bits per heavy atom. The number of anilines is 1. The largest absolute Gasteiger partial charge is 0.494 e. The molecule has 0 unspecified atom stereocenters. The van der Waals surface area contributed by atoms with E-state index in [2.05, 4.69) is 50.4 Å². The summed E-state index contributed by atoms with van der Waals surface area (Å²) < 4.78 is 5.45. The highest BCUT2D eigenvalue weighted by atomic mass is 32.1. The van der Waals surface area contributed by atoms with Gasteiger partial charge >= 0.3 is 0 Å². The zero-order valence-electron chi connectivity index (χ0n) is 15.8. The van der Waals surface area contributed by atoms with Gasteiger partial charge < -0.3 is 15.0 Å². The Labute approximate surface area is 157 Å². The van der Waals surface area contributed by atoms with E-state index in [1.807, 2.05) is 43.1 Å². The van der Waals surface area contributed by atoms with Crippen LogP contribution in [-0.2, 0) is 12.0 Å². The summed E-state index contributed by atoms with van der Waals surface area (Å²) in [5, 5.41) is 3.97. The van der Waals surface area contributed by atoms with Crippen LogP contribution in [0.4, 0.5) is 5.69 Å². The summed E-state index contributed by atoms with van der Waals surface area (Å²) in [6.45, 7) is 10.1. The van der Waals surface area contributed by atoms with Gasteiger partial charge in [-0.15, -0.1) is 0 Å². The van der Waals surface area contributed by atoms with Crippen LogP contribution in [0.3, 0.4) is 0 Å². The average molecular weight is 357 g/mol. The number of ether oxygens (including phenoxy) is 1. The summed E-state index contributed by atoms with van der Waals surface area (Å²) in [4.78, 5) is 2.04. The van der Waals surface area contributed by atoms with Crippen LogP contribution in [0.2, 0.25) is 0 Å².